The van der Waals surface area contributed by atoms with Crippen LogP contribution >= 0.6 is 22.6 Å². The van der Waals surface area contributed by atoms with Crippen molar-refractivity contribution in [3.05, 3.63) is 60.3 Å². The lowest BCUT2D eigenvalue weighted by molar-refractivity contribution is 0.875. The summed E-state index contributed by atoms with van der Waals surface area (Å²) in [6, 6.07) is 6.35. The van der Waals surface area contributed by atoms with Crippen LogP contribution in [-0.4, -0.2) is 9.97 Å². The summed E-state index contributed by atoms with van der Waals surface area (Å²) >= 11 is 2.06. The van der Waals surface area contributed by atoms with Crippen molar-refractivity contribution < 1.29 is 0 Å². The molecule has 3 nitrogen and oxygen atoms in total. The first-order chi connectivity index (χ1) is 9.01. The molecule has 0 atom stereocenters. The molecule has 1 aromatic heterocycles. The van der Waals surface area contributed by atoms with Crippen molar-refractivity contribution in [3.8, 4) is 0 Å². The fourth-order valence-corrected chi connectivity index (χ4v) is 2.62. The van der Waals surface area contributed by atoms with Crippen LogP contribution in [0.5, 0.6) is 0 Å². The number of hydrogen-bond donors (Lipinski definition) is 1. The minimum atomic E-state index is -0.0358. The topological polar surface area (TPSA) is 45.8 Å². The van der Waals surface area contributed by atoms with E-state index in [4.69, 9.17) is 0 Å². The van der Waals surface area contributed by atoms with E-state index in [1.807, 2.05) is 6.92 Å². The lowest BCUT2D eigenvalue weighted by Gasteiger charge is -2.07. The first kappa shape index (κ1) is 14.2. The quantitative estimate of drug-likeness (QED) is 0.847. The van der Waals surface area contributed by atoms with Crippen molar-refractivity contribution in [2.45, 2.75) is 33.6 Å². The molecule has 2 aromatic rings. The summed E-state index contributed by atoms with van der Waals surface area (Å²) in [5, 5.41) is 0. The van der Waals surface area contributed by atoms with Crippen LogP contribution in [0.2, 0.25) is 0 Å². The summed E-state index contributed by atoms with van der Waals surface area (Å²) in [5.74, 6) is 0.741. The van der Waals surface area contributed by atoms with Gasteiger partial charge in [0.25, 0.3) is 5.56 Å². The van der Waals surface area contributed by atoms with Crippen LogP contribution in [-0.2, 0) is 12.8 Å². The number of rotatable bonds is 3. The summed E-state index contributed by atoms with van der Waals surface area (Å²) in [4.78, 5) is 19.2. The molecule has 4 heteroatoms. The number of nitrogens with zero attached hydrogens (tertiary/aromatic N) is 1. The van der Waals surface area contributed by atoms with Crippen molar-refractivity contribution in [1.82, 2.24) is 9.97 Å². The van der Waals surface area contributed by atoms with Crippen LogP contribution < -0.4 is 5.56 Å². The Kier molecular flexibility index (Phi) is 4.39. The molecular weight excluding hydrogens is 351 g/mol. The second kappa shape index (κ2) is 5.86. The Hall–Kier alpha value is -1.17. The van der Waals surface area contributed by atoms with Crippen LogP contribution in [0.1, 0.15) is 35.1 Å². The van der Waals surface area contributed by atoms with Crippen LogP contribution in [0, 0.1) is 17.4 Å². The van der Waals surface area contributed by atoms with Crippen molar-refractivity contribution in [2.75, 3.05) is 0 Å². The highest BCUT2D eigenvalue weighted by Crippen LogP contribution is 2.13. The van der Waals surface area contributed by atoms with Gasteiger partial charge in [-0.15, -0.1) is 0 Å². The van der Waals surface area contributed by atoms with E-state index < -0.39 is 0 Å². The number of nitrogens with one attached hydrogen (secondary N) is 1. The number of hydrogen-bond acceptors (Lipinski definition) is 2. The van der Waals surface area contributed by atoms with Crippen LogP contribution in [0.4, 0.5) is 0 Å². The van der Waals surface area contributed by atoms with Gasteiger partial charge in [-0.25, -0.2) is 4.98 Å². The molecule has 2 rings (SSSR count). The van der Waals surface area contributed by atoms with Gasteiger partial charge in [0, 0.05) is 6.42 Å². The van der Waals surface area contributed by atoms with E-state index in [9.17, 15) is 4.79 Å². The summed E-state index contributed by atoms with van der Waals surface area (Å²) < 4.78 is 0.698. The second-order valence-corrected chi connectivity index (χ2v) is 5.80. The van der Waals surface area contributed by atoms with Gasteiger partial charge in [-0.1, -0.05) is 25.1 Å². The van der Waals surface area contributed by atoms with E-state index in [0.29, 0.717) is 9.99 Å². The Morgan fingerprint density at radius 3 is 2.63 bits per heavy atom. The Labute approximate surface area is 126 Å². The molecule has 0 unspecified atom stereocenters. The highest BCUT2D eigenvalue weighted by atomic mass is 127. The van der Waals surface area contributed by atoms with E-state index in [2.05, 4.69) is 64.6 Å². The third-order valence-corrected chi connectivity index (χ3v) is 4.37. The molecule has 1 N–H and O–H groups in total. The van der Waals surface area contributed by atoms with E-state index in [-0.39, 0.29) is 5.56 Å². The average Bonchev–Trinajstić information content (AvgIpc) is 2.38. The van der Waals surface area contributed by atoms with Gasteiger partial charge in [0.1, 0.15) is 5.82 Å². The summed E-state index contributed by atoms with van der Waals surface area (Å²) in [6.07, 6.45) is 1.45. The number of aromatic nitrogens is 2. The van der Waals surface area contributed by atoms with E-state index in [1.54, 1.807) is 0 Å². The maximum Gasteiger partial charge on any atom is 0.264 e. The first-order valence-electron chi connectivity index (χ1n) is 6.35. The van der Waals surface area contributed by atoms with Gasteiger partial charge < -0.3 is 4.98 Å². The van der Waals surface area contributed by atoms with Crippen molar-refractivity contribution in [2.24, 2.45) is 0 Å². The molecule has 0 fully saturated rings. The zero-order valence-electron chi connectivity index (χ0n) is 11.4. The lowest BCUT2D eigenvalue weighted by Crippen LogP contribution is -2.18. The number of H-pyrrole nitrogens is 1. The molecule has 0 saturated carbocycles. The van der Waals surface area contributed by atoms with Crippen molar-refractivity contribution in [3.63, 3.8) is 0 Å². The smallest absolute Gasteiger partial charge is 0.264 e. The van der Waals surface area contributed by atoms with Gasteiger partial charge in [-0.05, 0) is 59.5 Å². The Bertz CT molecular complexity index is 662. The second-order valence-electron chi connectivity index (χ2n) is 4.72. The minimum Gasteiger partial charge on any atom is -0.309 e. The predicted molar refractivity (Wildman–Crippen MR) is 85.7 cm³/mol. The Balaban J connectivity index is 2.35. The van der Waals surface area contributed by atoms with Crippen molar-refractivity contribution >= 4 is 22.6 Å². The maximum atomic E-state index is 11.8. The van der Waals surface area contributed by atoms with Crippen LogP contribution in [0.15, 0.2) is 23.0 Å². The number of benzene rings is 1. The van der Waals surface area contributed by atoms with E-state index >= 15 is 0 Å². The molecule has 100 valence electrons. The molecular formula is C15H17IN2O. The van der Waals surface area contributed by atoms with Gasteiger partial charge in [-0.2, -0.15) is 0 Å². The summed E-state index contributed by atoms with van der Waals surface area (Å²) in [7, 11) is 0. The fraction of sp³-hybridized carbons (Fsp3) is 0.333. The summed E-state index contributed by atoms with van der Waals surface area (Å²) in [6.45, 7) is 6.21. The molecule has 0 bridgehead atoms. The molecule has 0 amide bonds. The van der Waals surface area contributed by atoms with E-state index in [1.165, 1.54) is 16.7 Å². The molecule has 0 aliphatic carbocycles. The Morgan fingerprint density at radius 1 is 1.26 bits per heavy atom. The predicted octanol–water partition coefficient (Wildman–Crippen LogP) is 3.14. The minimum absolute atomic E-state index is 0.0358. The van der Waals surface area contributed by atoms with Crippen molar-refractivity contribution in [1.29, 1.82) is 0 Å². The fourth-order valence-electron chi connectivity index (χ4n) is 1.98. The van der Waals surface area contributed by atoms with Gasteiger partial charge >= 0.3 is 0 Å². The van der Waals surface area contributed by atoms with Gasteiger partial charge in [-0.3, -0.25) is 4.79 Å². The average molecular weight is 368 g/mol. The number of halogens is 1. The zero-order valence-corrected chi connectivity index (χ0v) is 13.5. The maximum absolute atomic E-state index is 11.8. The number of aromatic amines is 1. The highest BCUT2D eigenvalue weighted by Gasteiger charge is 2.08. The van der Waals surface area contributed by atoms with Gasteiger partial charge in [0.05, 0.1) is 9.26 Å². The Morgan fingerprint density at radius 2 is 2.00 bits per heavy atom. The molecule has 1 heterocycles. The summed E-state index contributed by atoms with van der Waals surface area (Å²) in [5.41, 5.74) is 4.56. The highest BCUT2D eigenvalue weighted by molar-refractivity contribution is 14.1. The number of aryl methyl sites for hydroxylation is 3. The third-order valence-electron chi connectivity index (χ3n) is 3.26. The van der Waals surface area contributed by atoms with Gasteiger partial charge in [0.15, 0.2) is 0 Å². The molecule has 19 heavy (non-hydrogen) atoms. The molecule has 1 aromatic carbocycles. The molecule has 0 radical (unpaired) electrons. The lowest BCUT2D eigenvalue weighted by atomic mass is 10.0. The van der Waals surface area contributed by atoms with Gasteiger partial charge in [0.2, 0.25) is 0 Å². The normalized spacial score (nSPS) is 10.7. The monoisotopic (exact) mass is 368 g/mol. The standard InChI is InChI=1S/C15H17IN2O/c1-4-12-14(16)15(19)18-13(17-12)8-11-6-5-9(2)10(3)7-11/h5-7H,4,8H2,1-3H3,(H,17,18,19). The molecule has 0 aliphatic heterocycles. The van der Waals surface area contributed by atoms with Crippen LogP contribution in [0.3, 0.4) is 0 Å². The van der Waals surface area contributed by atoms with Crippen LogP contribution in [0.25, 0.3) is 0 Å². The van der Waals surface area contributed by atoms with E-state index in [0.717, 1.165) is 17.9 Å². The zero-order chi connectivity index (χ0) is 14.0. The molecule has 0 saturated heterocycles. The largest absolute Gasteiger partial charge is 0.309 e. The first-order valence-corrected chi connectivity index (χ1v) is 7.42. The molecule has 0 spiro atoms. The third kappa shape index (κ3) is 3.23. The molecule has 0 aliphatic rings. The SMILES string of the molecule is CCc1nc(Cc2ccc(C)c(C)c2)[nH]c(=O)c1I.